The fraction of sp³-hybridized carbons (Fsp3) is 0.357. The lowest BCUT2D eigenvalue weighted by molar-refractivity contribution is -0.120. The van der Waals surface area contributed by atoms with Crippen LogP contribution in [-0.2, 0) is 4.79 Å². The van der Waals surface area contributed by atoms with Crippen molar-refractivity contribution in [2.24, 2.45) is 0 Å². The van der Waals surface area contributed by atoms with Crippen molar-refractivity contribution in [3.8, 4) is 0 Å². The Morgan fingerprint density at radius 2 is 2.00 bits per heavy atom. The second-order valence-electron chi connectivity index (χ2n) is 4.47. The number of hydrogen-bond donors (Lipinski definition) is 3. The molecule has 1 heterocycles. The molecule has 3 N–H and O–H groups in total. The van der Waals surface area contributed by atoms with Crippen LogP contribution in [0.25, 0.3) is 10.9 Å². The van der Waals surface area contributed by atoms with Gasteiger partial charge in [-0.25, -0.2) is 0 Å². The molecule has 2 amide bonds. The van der Waals surface area contributed by atoms with E-state index in [0.29, 0.717) is 18.8 Å². The average Bonchev–Trinajstić information content (AvgIpc) is 2.89. The number of carbonyl (C=O) groups excluding carboxylic acids is 2. The van der Waals surface area contributed by atoms with E-state index in [1.54, 1.807) is 0 Å². The van der Waals surface area contributed by atoms with E-state index in [9.17, 15) is 9.59 Å². The lowest BCUT2D eigenvalue weighted by Gasteiger charge is -2.04. The smallest absolute Gasteiger partial charge is 0.272 e. The van der Waals surface area contributed by atoms with Gasteiger partial charge >= 0.3 is 0 Å². The summed E-state index contributed by atoms with van der Waals surface area (Å²) in [6, 6.07) is 7.42. The fourth-order valence-electron chi connectivity index (χ4n) is 1.86. The van der Waals surface area contributed by atoms with Gasteiger partial charge in [-0.2, -0.15) is 5.10 Å². The Hall–Kier alpha value is -2.37. The maximum atomic E-state index is 12.0. The summed E-state index contributed by atoms with van der Waals surface area (Å²) in [5.74, 6) is -0.329. The second-order valence-corrected chi connectivity index (χ2v) is 4.47. The maximum absolute atomic E-state index is 12.0. The first kappa shape index (κ1) is 14.0. The molecule has 2 rings (SSSR count). The second kappa shape index (κ2) is 6.70. The maximum Gasteiger partial charge on any atom is 0.272 e. The third kappa shape index (κ3) is 3.34. The number of nitrogens with zero attached hydrogens (tertiary/aromatic N) is 1. The molecular weight excluding hydrogens is 256 g/mol. The zero-order chi connectivity index (χ0) is 14.4. The van der Waals surface area contributed by atoms with E-state index in [4.69, 9.17) is 0 Å². The summed E-state index contributed by atoms with van der Waals surface area (Å²) in [6.07, 6.45) is 1.17. The molecule has 6 nitrogen and oxygen atoms in total. The Kier molecular flexibility index (Phi) is 4.70. The van der Waals surface area contributed by atoms with E-state index in [1.807, 2.05) is 31.2 Å². The van der Waals surface area contributed by atoms with Crippen molar-refractivity contribution in [1.29, 1.82) is 0 Å². The van der Waals surface area contributed by atoms with Crippen molar-refractivity contribution in [3.05, 3.63) is 30.0 Å². The quantitative estimate of drug-likeness (QED) is 0.740. The van der Waals surface area contributed by atoms with Crippen LogP contribution < -0.4 is 10.6 Å². The zero-order valence-corrected chi connectivity index (χ0v) is 11.4. The minimum absolute atomic E-state index is 0.0564. The SMILES string of the molecule is CCCNC(=O)CCNC(=O)c1n[nH]c2ccccc12. The summed E-state index contributed by atoms with van der Waals surface area (Å²) in [5.41, 5.74) is 1.17. The predicted molar refractivity (Wildman–Crippen MR) is 76.3 cm³/mol. The van der Waals surface area contributed by atoms with Gasteiger partial charge in [0, 0.05) is 24.9 Å². The van der Waals surface area contributed by atoms with Gasteiger partial charge in [-0.1, -0.05) is 25.1 Å². The first-order valence-corrected chi connectivity index (χ1v) is 6.70. The van der Waals surface area contributed by atoms with Crippen LogP contribution in [0.1, 0.15) is 30.3 Å². The Labute approximate surface area is 116 Å². The first-order valence-electron chi connectivity index (χ1n) is 6.70. The van der Waals surface area contributed by atoms with Crippen molar-refractivity contribution < 1.29 is 9.59 Å². The van der Waals surface area contributed by atoms with Crippen LogP contribution in [0.4, 0.5) is 0 Å². The van der Waals surface area contributed by atoms with Crippen molar-refractivity contribution >= 4 is 22.7 Å². The fourth-order valence-corrected chi connectivity index (χ4v) is 1.86. The van der Waals surface area contributed by atoms with Crippen LogP contribution in [0, 0.1) is 0 Å². The van der Waals surface area contributed by atoms with Gasteiger partial charge in [0.1, 0.15) is 0 Å². The largest absolute Gasteiger partial charge is 0.356 e. The Balaban J connectivity index is 1.88. The summed E-state index contributed by atoms with van der Waals surface area (Å²) in [7, 11) is 0. The number of H-pyrrole nitrogens is 1. The molecule has 0 bridgehead atoms. The van der Waals surface area contributed by atoms with Crippen LogP contribution in [-0.4, -0.2) is 35.1 Å². The highest BCUT2D eigenvalue weighted by molar-refractivity contribution is 6.04. The number of amides is 2. The molecule has 106 valence electrons. The molecule has 0 spiro atoms. The monoisotopic (exact) mass is 274 g/mol. The van der Waals surface area contributed by atoms with E-state index in [-0.39, 0.29) is 18.2 Å². The number of aromatic amines is 1. The standard InChI is InChI=1S/C14H18N4O2/c1-2-8-15-12(19)7-9-16-14(20)13-10-5-3-4-6-11(10)17-18-13/h3-6H,2,7-9H2,1H3,(H,15,19)(H,16,20)(H,17,18). The Morgan fingerprint density at radius 1 is 1.20 bits per heavy atom. The molecule has 0 fully saturated rings. The molecule has 0 radical (unpaired) electrons. The van der Waals surface area contributed by atoms with Gasteiger partial charge in [0.2, 0.25) is 5.91 Å². The molecule has 0 aliphatic heterocycles. The molecule has 0 aliphatic carbocycles. The van der Waals surface area contributed by atoms with Gasteiger partial charge in [0.25, 0.3) is 5.91 Å². The summed E-state index contributed by atoms with van der Waals surface area (Å²) in [5, 5.41) is 13.0. The Morgan fingerprint density at radius 3 is 2.80 bits per heavy atom. The topological polar surface area (TPSA) is 86.9 Å². The lowest BCUT2D eigenvalue weighted by atomic mass is 10.2. The molecule has 0 atom stereocenters. The average molecular weight is 274 g/mol. The predicted octanol–water partition coefficient (Wildman–Crippen LogP) is 1.21. The van der Waals surface area contributed by atoms with E-state index in [2.05, 4.69) is 20.8 Å². The number of fused-ring (bicyclic) bond motifs is 1. The molecular formula is C14H18N4O2. The highest BCUT2D eigenvalue weighted by Gasteiger charge is 2.13. The minimum Gasteiger partial charge on any atom is -0.356 e. The molecule has 0 unspecified atom stereocenters. The number of aromatic nitrogens is 2. The van der Waals surface area contributed by atoms with Crippen molar-refractivity contribution in [2.45, 2.75) is 19.8 Å². The highest BCUT2D eigenvalue weighted by atomic mass is 16.2. The van der Waals surface area contributed by atoms with Gasteiger partial charge < -0.3 is 10.6 Å². The van der Waals surface area contributed by atoms with Crippen molar-refractivity contribution in [1.82, 2.24) is 20.8 Å². The van der Waals surface area contributed by atoms with E-state index in [0.717, 1.165) is 17.3 Å². The van der Waals surface area contributed by atoms with Gasteiger partial charge in [0.05, 0.1) is 5.52 Å². The van der Waals surface area contributed by atoms with Gasteiger partial charge in [-0.15, -0.1) is 0 Å². The van der Waals surface area contributed by atoms with Gasteiger partial charge in [0.15, 0.2) is 5.69 Å². The number of para-hydroxylation sites is 1. The summed E-state index contributed by atoms with van der Waals surface area (Å²) < 4.78 is 0. The molecule has 2 aromatic rings. The first-order chi connectivity index (χ1) is 9.72. The van der Waals surface area contributed by atoms with Crippen LogP contribution >= 0.6 is 0 Å². The van der Waals surface area contributed by atoms with Crippen molar-refractivity contribution in [2.75, 3.05) is 13.1 Å². The van der Waals surface area contributed by atoms with Gasteiger partial charge in [-0.05, 0) is 12.5 Å². The third-order valence-electron chi connectivity index (χ3n) is 2.90. The number of benzene rings is 1. The molecule has 0 saturated heterocycles. The van der Waals surface area contributed by atoms with Crippen LogP contribution in [0.15, 0.2) is 24.3 Å². The van der Waals surface area contributed by atoms with Crippen LogP contribution in [0.2, 0.25) is 0 Å². The van der Waals surface area contributed by atoms with E-state index >= 15 is 0 Å². The number of hydrogen-bond acceptors (Lipinski definition) is 3. The number of rotatable bonds is 6. The lowest BCUT2D eigenvalue weighted by Crippen LogP contribution is -2.31. The summed E-state index contributed by atoms with van der Waals surface area (Å²) in [4.78, 5) is 23.4. The van der Waals surface area contributed by atoms with Crippen LogP contribution in [0.3, 0.4) is 0 Å². The third-order valence-corrected chi connectivity index (χ3v) is 2.90. The van der Waals surface area contributed by atoms with Crippen molar-refractivity contribution in [3.63, 3.8) is 0 Å². The van der Waals surface area contributed by atoms with E-state index < -0.39 is 0 Å². The molecule has 0 aliphatic rings. The molecule has 6 heteroatoms. The Bertz CT molecular complexity index is 606. The molecule has 20 heavy (non-hydrogen) atoms. The minimum atomic E-state index is -0.272. The molecule has 1 aromatic heterocycles. The summed E-state index contributed by atoms with van der Waals surface area (Å²) in [6.45, 7) is 2.96. The normalized spacial score (nSPS) is 10.4. The number of carbonyl (C=O) groups is 2. The number of nitrogens with one attached hydrogen (secondary N) is 3. The van der Waals surface area contributed by atoms with E-state index in [1.165, 1.54) is 0 Å². The van der Waals surface area contributed by atoms with Gasteiger partial charge in [-0.3, -0.25) is 14.7 Å². The van der Waals surface area contributed by atoms with Crippen LogP contribution in [0.5, 0.6) is 0 Å². The highest BCUT2D eigenvalue weighted by Crippen LogP contribution is 2.14. The zero-order valence-electron chi connectivity index (χ0n) is 11.4. The molecule has 1 aromatic carbocycles. The molecule has 0 saturated carbocycles. The summed E-state index contributed by atoms with van der Waals surface area (Å²) >= 11 is 0.